The van der Waals surface area contributed by atoms with Crippen molar-refractivity contribution in [2.45, 2.75) is 13.5 Å². The number of amides is 2. The fourth-order valence-corrected chi connectivity index (χ4v) is 3.36. The summed E-state index contributed by atoms with van der Waals surface area (Å²) < 4.78 is 10.7. The Morgan fingerprint density at radius 3 is 2.39 bits per heavy atom. The summed E-state index contributed by atoms with van der Waals surface area (Å²) in [6, 6.07) is 21.8. The molecule has 0 bridgehead atoms. The summed E-state index contributed by atoms with van der Waals surface area (Å²) in [5, 5.41) is 5.71. The first-order valence-electron chi connectivity index (χ1n) is 10.7. The molecular formula is C26H29N3O4. The van der Waals surface area contributed by atoms with Crippen LogP contribution in [0.1, 0.15) is 22.8 Å². The van der Waals surface area contributed by atoms with Gasteiger partial charge in [-0.25, -0.2) is 0 Å². The monoisotopic (exact) mass is 447 g/mol. The highest BCUT2D eigenvalue weighted by Crippen LogP contribution is 2.20. The summed E-state index contributed by atoms with van der Waals surface area (Å²) in [7, 11) is 3.49. The summed E-state index contributed by atoms with van der Waals surface area (Å²) >= 11 is 0. The third kappa shape index (κ3) is 7.08. The van der Waals surface area contributed by atoms with E-state index in [9.17, 15) is 9.59 Å². The molecule has 0 aromatic heterocycles. The van der Waals surface area contributed by atoms with E-state index in [2.05, 4.69) is 10.6 Å². The Hall–Kier alpha value is -3.84. The SMILES string of the molecule is CCOc1ccc(NC(=O)c2ccccc2NC(=O)CN(C)Cc2cccc(OC)c2)cc1. The van der Waals surface area contributed by atoms with Gasteiger partial charge in [-0.2, -0.15) is 0 Å². The van der Waals surface area contributed by atoms with Crippen molar-refractivity contribution in [3.05, 3.63) is 83.9 Å². The summed E-state index contributed by atoms with van der Waals surface area (Å²) in [4.78, 5) is 27.4. The molecule has 0 atom stereocenters. The van der Waals surface area contributed by atoms with E-state index in [0.29, 0.717) is 30.1 Å². The van der Waals surface area contributed by atoms with Gasteiger partial charge in [-0.05, 0) is 68.1 Å². The van der Waals surface area contributed by atoms with Crippen LogP contribution in [0.15, 0.2) is 72.8 Å². The van der Waals surface area contributed by atoms with Crippen LogP contribution in [0.5, 0.6) is 11.5 Å². The van der Waals surface area contributed by atoms with E-state index in [1.54, 1.807) is 55.6 Å². The number of hydrogen-bond acceptors (Lipinski definition) is 5. The molecule has 0 saturated heterocycles. The molecule has 172 valence electrons. The number of nitrogens with zero attached hydrogens (tertiary/aromatic N) is 1. The Morgan fingerprint density at radius 2 is 1.67 bits per heavy atom. The number of carbonyl (C=O) groups excluding carboxylic acids is 2. The van der Waals surface area contributed by atoms with Crippen molar-refractivity contribution in [2.24, 2.45) is 0 Å². The molecule has 2 N–H and O–H groups in total. The van der Waals surface area contributed by atoms with Gasteiger partial charge in [0, 0.05) is 12.2 Å². The van der Waals surface area contributed by atoms with Gasteiger partial charge in [-0.15, -0.1) is 0 Å². The maximum atomic E-state index is 12.8. The lowest BCUT2D eigenvalue weighted by Gasteiger charge is -2.18. The molecule has 0 heterocycles. The molecule has 7 nitrogen and oxygen atoms in total. The maximum absolute atomic E-state index is 12.8. The van der Waals surface area contributed by atoms with Crippen molar-refractivity contribution >= 4 is 23.2 Å². The first-order valence-corrected chi connectivity index (χ1v) is 10.7. The number of carbonyl (C=O) groups is 2. The standard InChI is InChI=1S/C26H29N3O4/c1-4-33-21-14-12-20(13-15-21)27-26(31)23-10-5-6-11-24(23)28-25(30)18-29(2)17-19-8-7-9-22(16-19)32-3/h5-16H,4,17-18H2,1-3H3,(H,27,31)(H,28,30). The number of likely N-dealkylation sites (N-methyl/N-ethyl adjacent to an activating group) is 1. The van der Waals surface area contributed by atoms with E-state index >= 15 is 0 Å². The lowest BCUT2D eigenvalue weighted by atomic mass is 10.1. The van der Waals surface area contributed by atoms with Crippen LogP contribution in [0, 0.1) is 0 Å². The molecule has 0 aliphatic carbocycles. The quantitative estimate of drug-likeness (QED) is 0.481. The highest BCUT2D eigenvalue weighted by molar-refractivity contribution is 6.10. The minimum atomic E-state index is -0.306. The van der Waals surface area contributed by atoms with E-state index in [0.717, 1.165) is 17.1 Å². The Balaban J connectivity index is 1.60. The number of benzene rings is 3. The molecule has 0 aliphatic rings. The van der Waals surface area contributed by atoms with Crippen LogP contribution in [-0.4, -0.2) is 44.0 Å². The Morgan fingerprint density at radius 1 is 0.909 bits per heavy atom. The van der Waals surface area contributed by atoms with Gasteiger partial charge in [0.1, 0.15) is 11.5 Å². The maximum Gasteiger partial charge on any atom is 0.257 e. The minimum absolute atomic E-state index is 0.173. The van der Waals surface area contributed by atoms with Gasteiger partial charge in [0.2, 0.25) is 5.91 Å². The average molecular weight is 448 g/mol. The largest absolute Gasteiger partial charge is 0.497 e. The van der Waals surface area contributed by atoms with Gasteiger partial charge in [0.15, 0.2) is 0 Å². The smallest absolute Gasteiger partial charge is 0.257 e. The second-order valence-electron chi connectivity index (χ2n) is 7.53. The van der Waals surface area contributed by atoms with Crippen LogP contribution >= 0.6 is 0 Å². The van der Waals surface area contributed by atoms with Crippen molar-refractivity contribution in [2.75, 3.05) is 37.9 Å². The molecule has 3 aromatic rings. The van der Waals surface area contributed by atoms with Gasteiger partial charge >= 0.3 is 0 Å². The first-order chi connectivity index (χ1) is 16.0. The van der Waals surface area contributed by atoms with Gasteiger partial charge < -0.3 is 20.1 Å². The number of ether oxygens (including phenoxy) is 2. The van der Waals surface area contributed by atoms with Crippen LogP contribution in [0.2, 0.25) is 0 Å². The Bertz CT molecular complexity index is 1080. The fraction of sp³-hybridized carbons (Fsp3) is 0.231. The van der Waals surface area contributed by atoms with Crippen molar-refractivity contribution in [3.63, 3.8) is 0 Å². The molecule has 0 fully saturated rings. The van der Waals surface area contributed by atoms with Gasteiger partial charge in [0.05, 0.1) is 31.5 Å². The van der Waals surface area contributed by atoms with E-state index in [4.69, 9.17) is 9.47 Å². The van der Waals surface area contributed by atoms with E-state index in [1.807, 2.05) is 43.1 Å². The van der Waals surface area contributed by atoms with E-state index < -0.39 is 0 Å². The van der Waals surface area contributed by atoms with Gasteiger partial charge in [-0.1, -0.05) is 24.3 Å². The normalized spacial score (nSPS) is 10.5. The molecule has 3 aromatic carbocycles. The second kappa shape index (κ2) is 11.7. The number of rotatable bonds is 10. The van der Waals surface area contributed by atoms with Crippen molar-refractivity contribution in [1.82, 2.24) is 4.90 Å². The predicted molar refractivity (Wildman–Crippen MR) is 130 cm³/mol. The summed E-state index contributed by atoms with van der Waals surface area (Å²) in [6.45, 7) is 3.25. The molecule has 2 amide bonds. The number of para-hydroxylation sites is 1. The molecule has 3 rings (SSSR count). The summed E-state index contributed by atoms with van der Waals surface area (Å²) in [5.41, 5.74) is 2.53. The Labute approximate surface area is 194 Å². The number of nitrogens with one attached hydrogen (secondary N) is 2. The molecule has 0 saturated carbocycles. The molecule has 0 aliphatic heterocycles. The molecule has 0 unspecified atom stereocenters. The molecule has 0 spiro atoms. The molecule has 33 heavy (non-hydrogen) atoms. The number of methoxy groups -OCH3 is 1. The number of anilines is 2. The van der Waals surface area contributed by atoms with Crippen LogP contribution in [0.3, 0.4) is 0 Å². The van der Waals surface area contributed by atoms with Crippen molar-refractivity contribution in [3.8, 4) is 11.5 Å². The van der Waals surface area contributed by atoms with Crippen molar-refractivity contribution < 1.29 is 19.1 Å². The zero-order valence-corrected chi connectivity index (χ0v) is 19.1. The second-order valence-corrected chi connectivity index (χ2v) is 7.53. The van der Waals surface area contributed by atoms with Crippen molar-refractivity contribution in [1.29, 1.82) is 0 Å². The van der Waals surface area contributed by atoms with Crippen LogP contribution in [0.4, 0.5) is 11.4 Å². The lowest BCUT2D eigenvalue weighted by Crippen LogP contribution is -2.30. The summed E-state index contributed by atoms with van der Waals surface area (Å²) in [6.07, 6.45) is 0. The molecule has 0 radical (unpaired) electrons. The summed E-state index contributed by atoms with van der Waals surface area (Å²) in [5.74, 6) is 1.00. The zero-order chi connectivity index (χ0) is 23.6. The lowest BCUT2D eigenvalue weighted by molar-refractivity contribution is -0.117. The van der Waals surface area contributed by atoms with Crippen LogP contribution < -0.4 is 20.1 Å². The van der Waals surface area contributed by atoms with Gasteiger partial charge in [-0.3, -0.25) is 14.5 Å². The van der Waals surface area contributed by atoms with Crippen LogP contribution in [-0.2, 0) is 11.3 Å². The highest BCUT2D eigenvalue weighted by Gasteiger charge is 2.15. The van der Waals surface area contributed by atoms with Gasteiger partial charge in [0.25, 0.3) is 5.91 Å². The molecular weight excluding hydrogens is 418 g/mol. The third-order valence-corrected chi connectivity index (χ3v) is 4.87. The fourth-order valence-electron chi connectivity index (χ4n) is 3.36. The molecule has 7 heteroatoms. The average Bonchev–Trinajstić information content (AvgIpc) is 2.80. The van der Waals surface area contributed by atoms with E-state index in [-0.39, 0.29) is 18.4 Å². The van der Waals surface area contributed by atoms with Crippen LogP contribution in [0.25, 0.3) is 0 Å². The topological polar surface area (TPSA) is 79.9 Å². The van der Waals surface area contributed by atoms with E-state index in [1.165, 1.54) is 0 Å². The number of hydrogen-bond donors (Lipinski definition) is 2. The third-order valence-electron chi connectivity index (χ3n) is 4.87. The minimum Gasteiger partial charge on any atom is -0.497 e. The first kappa shape index (κ1) is 23.8. The zero-order valence-electron chi connectivity index (χ0n) is 19.1. The predicted octanol–water partition coefficient (Wildman–Crippen LogP) is 4.42. The Kier molecular flexibility index (Phi) is 8.43. The highest BCUT2D eigenvalue weighted by atomic mass is 16.5.